The molecule has 23 heavy (non-hydrogen) atoms. The van der Waals surface area contributed by atoms with Gasteiger partial charge in [0.05, 0.1) is 0 Å². The first-order valence-corrected chi connectivity index (χ1v) is 9.65. The summed E-state index contributed by atoms with van der Waals surface area (Å²) < 4.78 is 0. The summed E-state index contributed by atoms with van der Waals surface area (Å²) in [6.45, 7) is 12.0. The van der Waals surface area contributed by atoms with E-state index in [9.17, 15) is 10.2 Å². The van der Waals surface area contributed by atoms with Crippen molar-refractivity contribution in [3.8, 4) is 0 Å². The Kier molecular flexibility index (Phi) is 7.33. The van der Waals surface area contributed by atoms with E-state index in [-0.39, 0.29) is 10.8 Å². The zero-order valence-electron chi connectivity index (χ0n) is 15.4. The molecule has 0 aromatic heterocycles. The van der Waals surface area contributed by atoms with Crippen LogP contribution in [0.25, 0.3) is 0 Å². The zero-order chi connectivity index (χ0) is 16.8. The Hall–Kier alpha value is -0.160. The SMILES string of the molecule is CC1(CO)CCCN(CCCCCN2CCCC(C)(CO)C2)C1. The molecule has 2 N–H and O–H groups in total. The summed E-state index contributed by atoms with van der Waals surface area (Å²) in [5.41, 5.74) is 0.252. The van der Waals surface area contributed by atoms with Crippen LogP contribution >= 0.6 is 0 Å². The van der Waals surface area contributed by atoms with Crippen molar-refractivity contribution in [3.63, 3.8) is 0 Å². The number of rotatable bonds is 8. The van der Waals surface area contributed by atoms with Crippen molar-refractivity contribution >= 4 is 0 Å². The summed E-state index contributed by atoms with van der Waals surface area (Å²) in [5.74, 6) is 0. The Morgan fingerprint density at radius 1 is 0.739 bits per heavy atom. The minimum atomic E-state index is 0.126. The van der Waals surface area contributed by atoms with E-state index in [1.165, 1.54) is 71.1 Å². The van der Waals surface area contributed by atoms with Gasteiger partial charge in [0.25, 0.3) is 0 Å². The standard InChI is InChI=1S/C19H38N2O2/c1-18(16-22)8-6-12-20(14-18)10-4-3-5-11-21-13-7-9-19(2,15-21)17-23/h22-23H,3-17H2,1-2H3. The van der Waals surface area contributed by atoms with Gasteiger partial charge >= 0.3 is 0 Å². The lowest BCUT2D eigenvalue weighted by molar-refractivity contribution is 0.0425. The van der Waals surface area contributed by atoms with Gasteiger partial charge in [0, 0.05) is 37.1 Å². The summed E-state index contributed by atoms with van der Waals surface area (Å²) >= 11 is 0. The maximum atomic E-state index is 9.53. The fourth-order valence-electron chi connectivity index (χ4n) is 4.34. The Balaban J connectivity index is 1.57. The third-order valence-electron chi connectivity index (χ3n) is 5.93. The number of nitrogens with zero attached hydrogens (tertiary/aromatic N) is 2. The third kappa shape index (κ3) is 6.00. The van der Waals surface area contributed by atoms with Crippen molar-refractivity contribution in [1.29, 1.82) is 0 Å². The van der Waals surface area contributed by atoms with Gasteiger partial charge in [0.2, 0.25) is 0 Å². The first kappa shape index (κ1) is 19.2. The van der Waals surface area contributed by atoms with Gasteiger partial charge in [-0.25, -0.2) is 0 Å². The van der Waals surface area contributed by atoms with E-state index in [1.807, 2.05) is 0 Å². The molecule has 0 saturated carbocycles. The highest BCUT2D eigenvalue weighted by molar-refractivity contribution is 4.84. The van der Waals surface area contributed by atoms with Gasteiger partial charge in [-0.2, -0.15) is 0 Å². The second kappa shape index (κ2) is 8.80. The largest absolute Gasteiger partial charge is 0.396 e. The quantitative estimate of drug-likeness (QED) is 0.672. The molecule has 2 unspecified atom stereocenters. The lowest BCUT2D eigenvalue weighted by Crippen LogP contribution is -2.44. The monoisotopic (exact) mass is 326 g/mol. The van der Waals surface area contributed by atoms with Crippen LogP contribution in [0.4, 0.5) is 0 Å². The van der Waals surface area contributed by atoms with Gasteiger partial charge < -0.3 is 20.0 Å². The van der Waals surface area contributed by atoms with Crippen LogP contribution in [0.5, 0.6) is 0 Å². The van der Waals surface area contributed by atoms with Crippen LogP contribution in [0.15, 0.2) is 0 Å². The first-order chi connectivity index (χ1) is 11.0. The molecule has 2 atom stereocenters. The maximum Gasteiger partial charge on any atom is 0.0497 e. The molecule has 136 valence electrons. The summed E-state index contributed by atoms with van der Waals surface area (Å²) in [6, 6.07) is 0. The highest BCUT2D eigenvalue weighted by Crippen LogP contribution is 2.30. The van der Waals surface area contributed by atoms with E-state index < -0.39 is 0 Å². The average Bonchev–Trinajstić information content (AvgIpc) is 2.55. The van der Waals surface area contributed by atoms with Crippen molar-refractivity contribution in [2.24, 2.45) is 10.8 Å². The van der Waals surface area contributed by atoms with Gasteiger partial charge in [-0.05, 0) is 64.7 Å². The molecule has 0 aromatic carbocycles. The average molecular weight is 327 g/mol. The lowest BCUT2D eigenvalue weighted by Gasteiger charge is -2.40. The summed E-state index contributed by atoms with van der Waals surface area (Å²) in [5, 5.41) is 19.1. The number of hydrogen-bond donors (Lipinski definition) is 2. The molecule has 4 heteroatoms. The molecular formula is C19H38N2O2. The Labute approximate surface area is 142 Å². The van der Waals surface area contributed by atoms with Gasteiger partial charge in [0.1, 0.15) is 0 Å². The predicted molar refractivity (Wildman–Crippen MR) is 95.6 cm³/mol. The van der Waals surface area contributed by atoms with Crippen molar-refractivity contribution in [3.05, 3.63) is 0 Å². The summed E-state index contributed by atoms with van der Waals surface area (Å²) in [7, 11) is 0. The molecular weight excluding hydrogens is 288 g/mol. The Morgan fingerprint density at radius 3 is 1.57 bits per heavy atom. The van der Waals surface area contributed by atoms with Crippen molar-refractivity contribution in [2.45, 2.75) is 58.8 Å². The van der Waals surface area contributed by atoms with Crippen LogP contribution in [0.1, 0.15) is 58.8 Å². The number of likely N-dealkylation sites (tertiary alicyclic amines) is 2. The maximum absolute atomic E-state index is 9.53. The molecule has 0 radical (unpaired) electrons. The predicted octanol–water partition coefficient (Wildman–Crippen LogP) is 2.35. The fourth-order valence-corrected chi connectivity index (χ4v) is 4.34. The number of aliphatic hydroxyl groups is 2. The molecule has 2 heterocycles. The van der Waals surface area contributed by atoms with Crippen LogP contribution in [-0.4, -0.2) is 72.5 Å². The topological polar surface area (TPSA) is 46.9 Å². The van der Waals surface area contributed by atoms with Crippen LogP contribution in [0.3, 0.4) is 0 Å². The third-order valence-corrected chi connectivity index (χ3v) is 5.93. The summed E-state index contributed by atoms with van der Waals surface area (Å²) in [6.07, 6.45) is 8.62. The van der Waals surface area contributed by atoms with E-state index in [4.69, 9.17) is 0 Å². The zero-order valence-corrected chi connectivity index (χ0v) is 15.4. The normalized spacial score (nSPS) is 33.9. The van der Waals surface area contributed by atoms with Crippen molar-refractivity contribution in [2.75, 3.05) is 52.5 Å². The first-order valence-electron chi connectivity index (χ1n) is 9.65. The second-order valence-corrected chi connectivity index (χ2v) is 8.76. The number of aliphatic hydroxyl groups excluding tert-OH is 2. The summed E-state index contributed by atoms with van der Waals surface area (Å²) in [4.78, 5) is 5.09. The lowest BCUT2D eigenvalue weighted by atomic mass is 9.82. The van der Waals surface area contributed by atoms with E-state index >= 15 is 0 Å². The van der Waals surface area contributed by atoms with Crippen LogP contribution < -0.4 is 0 Å². The van der Waals surface area contributed by atoms with E-state index in [0.717, 1.165) is 13.1 Å². The molecule has 2 aliphatic heterocycles. The molecule has 0 spiro atoms. The number of hydrogen-bond acceptors (Lipinski definition) is 4. The van der Waals surface area contributed by atoms with E-state index in [2.05, 4.69) is 23.6 Å². The van der Waals surface area contributed by atoms with Crippen molar-refractivity contribution < 1.29 is 10.2 Å². The highest BCUT2D eigenvalue weighted by atomic mass is 16.3. The minimum absolute atomic E-state index is 0.126. The molecule has 2 aliphatic rings. The molecule has 0 bridgehead atoms. The van der Waals surface area contributed by atoms with Crippen LogP contribution in [0, 0.1) is 10.8 Å². The fraction of sp³-hybridized carbons (Fsp3) is 1.00. The molecule has 0 amide bonds. The Bertz CT molecular complexity index is 320. The molecule has 2 rings (SSSR count). The van der Waals surface area contributed by atoms with Gasteiger partial charge in [0.15, 0.2) is 0 Å². The number of piperidine rings is 2. The smallest absolute Gasteiger partial charge is 0.0497 e. The van der Waals surface area contributed by atoms with Gasteiger partial charge in [-0.3, -0.25) is 0 Å². The van der Waals surface area contributed by atoms with Crippen molar-refractivity contribution in [1.82, 2.24) is 9.80 Å². The van der Waals surface area contributed by atoms with Crippen LogP contribution in [0.2, 0.25) is 0 Å². The molecule has 0 aromatic rings. The second-order valence-electron chi connectivity index (χ2n) is 8.76. The van der Waals surface area contributed by atoms with Gasteiger partial charge in [-0.15, -0.1) is 0 Å². The minimum Gasteiger partial charge on any atom is -0.396 e. The molecule has 2 fully saturated rings. The number of unbranched alkanes of at least 4 members (excludes halogenated alkanes) is 2. The molecule has 4 nitrogen and oxygen atoms in total. The molecule has 2 saturated heterocycles. The van der Waals surface area contributed by atoms with E-state index in [0.29, 0.717) is 13.2 Å². The van der Waals surface area contributed by atoms with Crippen LogP contribution in [-0.2, 0) is 0 Å². The molecule has 0 aliphatic carbocycles. The Morgan fingerprint density at radius 2 is 1.17 bits per heavy atom. The highest BCUT2D eigenvalue weighted by Gasteiger charge is 2.31. The van der Waals surface area contributed by atoms with Gasteiger partial charge in [-0.1, -0.05) is 20.3 Å². The van der Waals surface area contributed by atoms with E-state index in [1.54, 1.807) is 0 Å².